The summed E-state index contributed by atoms with van der Waals surface area (Å²) in [6.45, 7) is 1.60. The molecule has 0 atom stereocenters. The molecule has 2 aromatic rings. The van der Waals surface area contributed by atoms with Gasteiger partial charge < -0.3 is 5.32 Å². The summed E-state index contributed by atoms with van der Waals surface area (Å²) in [5, 5.41) is 7.85. The Balaban J connectivity index is 2.35. The van der Waals surface area contributed by atoms with Crippen molar-refractivity contribution < 1.29 is 13.2 Å². The number of anilines is 1. The van der Waals surface area contributed by atoms with Crippen LogP contribution in [0.3, 0.4) is 0 Å². The summed E-state index contributed by atoms with van der Waals surface area (Å²) >= 11 is 2.12. The highest BCUT2D eigenvalue weighted by Gasteiger charge is 2.15. The highest BCUT2D eigenvalue weighted by Crippen LogP contribution is 2.22. The normalized spacial score (nSPS) is 11.2. The van der Waals surface area contributed by atoms with E-state index < -0.39 is 10.0 Å². The molecule has 0 radical (unpaired) electrons. The van der Waals surface area contributed by atoms with Crippen LogP contribution in [0.15, 0.2) is 47.4 Å². The van der Waals surface area contributed by atoms with Crippen molar-refractivity contribution in [3.63, 3.8) is 0 Å². The largest absolute Gasteiger partial charge is 0.322 e. The Hall–Kier alpha value is -1.45. The molecule has 0 aliphatic rings. The molecule has 0 aromatic heterocycles. The number of rotatable bonds is 3. The zero-order valence-electron chi connectivity index (χ0n) is 11.1. The molecule has 0 aliphatic carbocycles. The average Bonchev–Trinajstić information content (AvgIpc) is 2.39. The quantitative estimate of drug-likeness (QED) is 0.754. The van der Waals surface area contributed by atoms with Gasteiger partial charge in [0, 0.05) is 14.8 Å². The molecule has 0 fully saturated rings. The van der Waals surface area contributed by atoms with Crippen molar-refractivity contribution in [3.05, 3.63) is 57.2 Å². The van der Waals surface area contributed by atoms with Crippen molar-refractivity contribution >= 4 is 44.2 Å². The summed E-state index contributed by atoms with van der Waals surface area (Å²) in [6, 6.07) is 11.7. The van der Waals surface area contributed by atoms with Gasteiger partial charge in [-0.05, 0) is 65.4 Å². The number of amides is 1. The third kappa shape index (κ3) is 3.80. The Morgan fingerprint density at radius 2 is 1.86 bits per heavy atom. The van der Waals surface area contributed by atoms with E-state index in [2.05, 4.69) is 27.9 Å². The van der Waals surface area contributed by atoms with Crippen molar-refractivity contribution in [1.82, 2.24) is 0 Å². The number of benzene rings is 2. The molecule has 110 valence electrons. The van der Waals surface area contributed by atoms with E-state index >= 15 is 0 Å². The van der Waals surface area contributed by atoms with E-state index in [1.165, 1.54) is 12.1 Å². The lowest BCUT2D eigenvalue weighted by atomic mass is 10.1. The predicted octanol–water partition coefficient (Wildman–Crippen LogP) is 2.50. The van der Waals surface area contributed by atoms with Crippen molar-refractivity contribution in [2.45, 2.75) is 11.8 Å². The molecular formula is C14H13IN2O3S. The van der Waals surface area contributed by atoms with Crippen LogP contribution in [0.1, 0.15) is 15.9 Å². The molecule has 1 amide bonds. The number of hydrogen-bond acceptors (Lipinski definition) is 3. The van der Waals surface area contributed by atoms with Crippen LogP contribution in [0, 0.1) is 10.5 Å². The van der Waals surface area contributed by atoms with Gasteiger partial charge in [0.05, 0.1) is 4.90 Å². The van der Waals surface area contributed by atoms with Gasteiger partial charge in [0.1, 0.15) is 0 Å². The minimum Gasteiger partial charge on any atom is -0.322 e. The smallest absolute Gasteiger partial charge is 0.255 e. The number of primary sulfonamides is 1. The maximum Gasteiger partial charge on any atom is 0.255 e. The van der Waals surface area contributed by atoms with Crippen molar-refractivity contribution in [2.24, 2.45) is 5.14 Å². The Morgan fingerprint density at radius 1 is 1.19 bits per heavy atom. The van der Waals surface area contributed by atoms with Crippen LogP contribution in [-0.4, -0.2) is 14.3 Å². The molecule has 3 N–H and O–H groups in total. The zero-order valence-corrected chi connectivity index (χ0v) is 14.1. The molecule has 0 saturated heterocycles. The van der Waals surface area contributed by atoms with Gasteiger partial charge in [0.15, 0.2) is 0 Å². The fourth-order valence-electron chi connectivity index (χ4n) is 1.88. The van der Waals surface area contributed by atoms with Gasteiger partial charge in [-0.1, -0.05) is 12.1 Å². The van der Waals surface area contributed by atoms with Gasteiger partial charge in [0.2, 0.25) is 10.0 Å². The molecule has 0 unspecified atom stereocenters. The first-order chi connectivity index (χ1) is 9.79. The molecule has 5 nitrogen and oxygen atoms in total. The van der Waals surface area contributed by atoms with E-state index in [-0.39, 0.29) is 10.8 Å². The van der Waals surface area contributed by atoms with Gasteiger partial charge >= 0.3 is 0 Å². The SMILES string of the molecule is Cc1c(NC(=O)c2cccc(I)c2)cccc1S(N)(=O)=O. The third-order valence-electron chi connectivity index (χ3n) is 2.93. The summed E-state index contributed by atoms with van der Waals surface area (Å²) in [5.74, 6) is -0.303. The van der Waals surface area contributed by atoms with E-state index in [1.54, 1.807) is 31.2 Å². The van der Waals surface area contributed by atoms with Gasteiger partial charge in [-0.2, -0.15) is 0 Å². The van der Waals surface area contributed by atoms with Crippen molar-refractivity contribution in [3.8, 4) is 0 Å². The maximum atomic E-state index is 12.2. The standard InChI is InChI=1S/C14H13IN2O3S/c1-9-12(6-3-7-13(9)21(16,19)20)17-14(18)10-4-2-5-11(15)8-10/h2-8H,1H3,(H,17,18)(H2,16,19,20). The molecule has 2 aromatic carbocycles. The summed E-state index contributed by atoms with van der Waals surface area (Å²) in [6.07, 6.45) is 0. The molecule has 21 heavy (non-hydrogen) atoms. The summed E-state index contributed by atoms with van der Waals surface area (Å²) in [4.78, 5) is 12.2. The van der Waals surface area contributed by atoms with Crippen LogP contribution in [0.4, 0.5) is 5.69 Å². The van der Waals surface area contributed by atoms with Crippen LogP contribution in [0.5, 0.6) is 0 Å². The highest BCUT2D eigenvalue weighted by atomic mass is 127. The second-order valence-corrected chi connectivity index (χ2v) is 7.21. The lowest BCUT2D eigenvalue weighted by molar-refractivity contribution is 0.102. The van der Waals surface area contributed by atoms with Gasteiger partial charge in [-0.25, -0.2) is 13.6 Å². The first kappa shape index (κ1) is 15.9. The first-order valence-corrected chi connectivity index (χ1v) is 8.61. The minimum absolute atomic E-state index is 0.00272. The molecular weight excluding hydrogens is 403 g/mol. The van der Waals surface area contributed by atoms with Gasteiger partial charge in [0.25, 0.3) is 5.91 Å². The lowest BCUT2D eigenvalue weighted by Gasteiger charge is -2.11. The van der Waals surface area contributed by atoms with Crippen LogP contribution in [-0.2, 0) is 10.0 Å². The number of carbonyl (C=O) groups is 1. The van der Waals surface area contributed by atoms with E-state index in [4.69, 9.17) is 5.14 Å². The average molecular weight is 416 g/mol. The number of nitrogens with two attached hydrogens (primary N) is 1. The second-order valence-electron chi connectivity index (χ2n) is 4.44. The predicted molar refractivity (Wildman–Crippen MR) is 89.7 cm³/mol. The fraction of sp³-hybridized carbons (Fsp3) is 0.0714. The summed E-state index contributed by atoms with van der Waals surface area (Å²) in [7, 11) is -3.82. The number of sulfonamides is 1. The van der Waals surface area contributed by atoms with Crippen LogP contribution < -0.4 is 10.5 Å². The van der Waals surface area contributed by atoms with E-state index in [1.807, 2.05) is 6.07 Å². The number of halogens is 1. The Labute approximate surface area is 136 Å². The second kappa shape index (κ2) is 6.12. The van der Waals surface area contributed by atoms with Gasteiger partial charge in [-0.3, -0.25) is 4.79 Å². The zero-order chi connectivity index (χ0) is 15.6. The van der Waals surface area contributed by atoms with Gasteiger partial charge in [-0.15, -0.1) is 0 Å². The molecule has 2 rings (SSSR count). The van der Waals surface area contributed by atoms with Crippen molar-refractivity contribution in [1.29, 1.82) is 0 Å². The monoisotopic (exact) mass is 416 g/mol. The molecule has 0 heterocycles. The third-order valence-corrected chi connectivity index (χ3v) is 4.65. The number of nitrogens with one attached hydrogen (secondary N) is 1. The molecule has 0 aliphatic heterocycles. The Kier molecular flexibility index (Phi) is 4.64. The Bertz CT molecular complexity index is 804. The summed E-state index contributed by atoms with van der Waals surface area (Å²) in [5.41, 5.74) is 1.34. The lowest BCUT2D eigenvalue weighted by Crippen LogP contribution is -2.17. The number of hydrogen-bond donors (Lipinski definition) is 2. The minimum atomic E-state index is -3.82. The van der Waals surface area contributed by atoms with Crippen molar-refractivity contribution in [2.75, 3.05) is 5.32 Å². The fourth-order valence-corrected chi connectivity index (χ4v) is 3.23. The van der Waals surface area contributed by atoms with Crippen LogP contribution in [0.25, 0.3) is 0 Å². The molecule has 7 heteroatoms. The van der Waals surface area contributed by atoms with Crippen LogP contribution >= 0.6 is 22.6 Å². The van der Waals surface area contributed by atoms with Crippen LogP contribution in [0.2, 0.25) is 0 Å². The molecule has 0 spiro atoms. The molecule has 0 saturated carbocycles. The van der Waals surface area contributed by atoms with E-state index in [0.29, 0.717) is 16.8 Å². The number of carbonyl (C=O) groups excluding carboxylic acids is 1. The van der Waals surface area contributed by atoms with E-state index in [0.717, 1.165) is 3.57 Å². The highest BCUT2D eigenvalue weighted by molar-refractivity contribution is 14.1. The molecule has 0 bridgehead atoms. The Morgan fingerprint density at radius 3 is 2.48 bits per heavy atom. The topological polar surface area (TPSA) is 89.3 Å². The summed E-state index contributed by atoms with van der Waals surface area (Å²) < 4.78 is 23.9. The maximum absolute atomic E-state index is 12.2. The van der Waals surface area contributed by atoms with E-state index in [9.17, 15) is 13.2 Å². The first-order valence-electron chi connectivity index (χ1n) is 5.98.